The molecule has 0 spiro atoms. The Morgan fingerprint density at radius 3 is 2.70 bits per heavy atom. The van der Waals surface area contributed by atoms with Gasteiger partial charge < -0.3 is 10.1 Å². The molecule has 20 heavy (non-hydrogen) atoms. The van der Waals surface area contributed by atoms with Crippen molar-refractivity contribution in [2.75, 3.05) is 11.9 Å². The first-order valence-electron chi connectivity index (χ1n) is 6.30. The number of nitrogens with one attached hydrogen (secondary N) is 1. The summed E-state index contributed by atoms with van der Waals surface area (Å²) in [7, 11) is 0. The summed E-state index contributed by atoms with van der Waals surface area (Å²) in [5.74, 6) is -0.704. The molecular formula is C16H16FNO2. The van der Waals surface area contributed by atoms with Gasteiger partial charge in [-0.3, -0.25) is 4.79 Å². The Hall–Kier alpha value is -2.36. The van der Waals surface area contributed by atoms with Gasteiger partial charge in [-0.25, -0.2) is 4.39 Å². The molecule has 2 rings (SSSR count). The second-order valence-electron chi connectivity index (χ2n) is 4.59. The molecule has 0 aromatic heterocycles. The van der Waals surface area contributed by atoms with E-state index in [1.807, 2.05) is 32.0 Å². The minimum atomic E-state index is -0.473. The van der Waals surface area contributed by atoms with E-state index in [-0.39, 0.29) is 18.3 Å². The van der Waals surface area contributed by atoms with E-state index >= 15 is 0 Å². The first-order chi connectivity index (χ1) is 9.56. The summed E-state index contributed by atoms with van der Waals surface area (Å²) < 4.78 is 18.7. The summed E-state index contributed by atoms with van der Waals surface area (Å²) in [6.45, 7) is 3.51. The molecule has 4 heteroatoms. The zero-order valence-electron chi connectivity index (χ0n) is 11.4. The van der Waals surface area contributed by atoms with Crippen molar-refractivity contribution in [1.29, 1.82) is 0 Å². The summed E-state index contributed by atoms with van der Waals surface area (Å²) in [5, 5.41) is 2.73. The zero-order valence-corrected chi connectivity index (χ0v) is 11.4. The van der Waals surface area contributed by atoms with Crippen LogP contribution in [-0.4, -0.2) is 12.5 Å². The fraction of sp³-hybridized carbons (Fsp3) is 0.188. The molecular weight excluding hydrogens is 257 g/mol. The van der Waals surface area contributed by atoms with E-state index in [0.717, 1.165) is 16.8 Å². The van der Waals surface area contributed by atoms with Crippen molar-refractivity contribution in [3.8, 4) is 5.75 Å². The van der Waals surface area contributed by atoms with Gasteiger partial charge in [0.25, 0.3) is 5.91 Å². The van der Waals surface area contributed by atoms with Gasteiger partial charge in [0.15, 0.2) is 18.2 Å². The summed E-state index contributed by atoms with van der Waals surface area (Å²) in [6, 6.07) is 12.0. The van der Waals surface area contributed by atoms with Crippen LogP contribution in [0.3, 0.4) is 0 Å². The number of ether oxygens (including phenoxy) is 1. The Morgan fingerprint density at radius 2 is 1.95 bits per heavy atom. The van der Waals surface area contributed by atoms with E-state index in [9.17, 15) is 9.18 Å². The van der Waals surface area contributed by atoms with Crippen molar-refractivity contribution in [3.05, 3.63) is 59.4 Å². The molecule has 0 bridgehead atoms. The van der Waals surface area contributed by atoms with Crippen LogP contribution in [0.4, 0.5) is 10.1 Å². The van der Waals surface area contributed by atoms with Crippen molar-refractivity contribution >= 4 is 11.6 Å². The van der Waals surface area contributed by atoms with Gasteiger partial charge in [0.2, 0.25) is 0 Å². The number of hydrogen-bond acceptors (Lipinski definition) is 2. The number of anilines is 1. The molecule has 0 heterocycles. The minimum absolute atomic E-state index is 0.0879. The van der Waals surface area contributed by atoms with Gasteiger partial charge in [-0.15, -0.1) is 0 Å². The topological polar surface area (TPSA) is 38.3 Å². The molecule has 0 aliphatic carbocycles. The van der Waals surface area contributed by atoms with Crippen LogP contribution in [0.1, 0.15) is 11.1 Å². The molecule has 2 aromatic carbocycles. The van der Waals surface area contributed by atoms with Gasteiger partial charge in [-0.1, -0.05) is 24.3 Å². The van der Waals surface area contributed by atoms with Crippen LogP contribution in [0.25, 0.3) is 0 Å². The predicted molar refractivity (Wildman–Crippen MR) is 76.4 cm³/mol. The highest BCUT2D eigenvalue weighted by molar-refractivity contribution is 5.92. The SMILES string of the molecule is Cc1ccc(F)c(OCC(=O)Nc2ccccc2C)c1. The second-order valence-corrected chi connectivity index (χ2v) is 4.59. The van der Waals surface area contributed by atoms with E-state index in [4.69, 9.17) is 4.74 Å². The van der Waals surface area contributed by atoms with Crippen LogP contribution < -0.4 is 10.1 Å². The van der Waals surface area contributed by atoms with E-state index < -0.39 is 5.82 Å². The summed E-state index contributed by atoms with van der Waals surface area (Å²) >= 11 is 0. The maximum absolute atomic E-state index is 13.5. The minimum Gasteiger partial charge on any atom is -0.481 e. The Morgan fingerprint density at radius 1 is 1.20 bits per heavy atom. The lowest BCUT2D eigenvalue weighted by Crippen LogP contribution is -2.21. The maximum atomic E-state index is 13.5. The third kappa shape index (κ3) is 3.57. The number of carbonyl (C=O) groups is 1. The molecule has 2 aromatic rings. The summed E-state index contributed by atoms with van der Waals surface area (Å²) in [5.41, 5.74) is 2.56. The summed E-state index contributed by atoms with van der Waals surface area (Å²) in [6.07, 6.45) is 0. The molecule has 0 radical (unpaired) electrons. The highest BCUT2D eigenvalue weighted by Gasteiger charge is 2.08. The first kappa shape index (κ1) is 14.1. The Kier molecular flexibility index (Phi) is 4.35. The van der Waals surface area contributed by atoms with Crippen LogP contribution in [0.15, 0.2) is 42.5 Å². The second kappa shape index (κ2) is 6.19. The number of aryl methyl sites for hydroxylation is 2. The number of amides is 1. The lowest BCUT2D eigenvalue weighted by Gasteiger charge is -2.10. The van der Waals surface area contributed by atoms with Crippen LogP contribution >= 0.6 is 0 Å². The van der Waals surface area contributed by atoms with Crippen molar-refractivity contribution < 1.29 is 13.9 Å². The normalized spacial score (nSPS) is 10.2. The highest BCUT2D eigenvalue weighted by Crippen LogP contribution is 2.18. The molecule has 0 atom stereocenters. The molecule has 0 saturated carbocycles. The van der Waals surface area contributed by atoms with Gasteiger partial charge in [0.1, 0.15) is 0 Å². The number of hydrogen-bond donors (Lipinski definition) is 1. The fourth-order valence-corrected chi connectivity index (χ4v) is 1.76. The predicted octanol–water partition coefficient (Wildman–Crippen LogP) is 3.46. The van der Waals surface area contributed by atoms with Crippen molar-refractivity contribution in [3.63, 3.8) is 0 Å². The molecule has 0 saturated heterocycles. The fourth-order valence-electron chi connectivity index (χ4n) is 1.76. The van der Waals surface area contributed by atoms with Gasteiger partial charge in [0.05, 0.1) is 0 Å². The van der Waals surface area contributed by atoms with E-state index in [0.29, 0.717) is 0 Å². The molecule has 0 aliphatic heterocycles. The Bertz CT molecular complexity index is 626. The molecule has 1 N–H and O–H groups in total. The molecule has 104 valence electrons. The van der Waals surface area contributed by atoms with Crippen LogP contribution in [0.5, 0.6) is 5.75 Å². The van der Waals surface area contributed by atoms with Crippen LogP contribution in [-0.2, 0) is 4.79 Å². The molecule has 0 aliphatic rings. The third-order valence-electron chi connectivity index (χ3n) is 2.86. The van der Waals surface area contributed by atoms with E-state index in [2.05, 4.69) is 5.32 Å². The lowest BCUT2D eigenvalue weighted by molar-refractivity contribution is -0.118. The van der Waals surface area contributed by atoms with Gasteiger partial charge >= 0.3 is 0 Å². The summed E-state index contributed by atoms with van der Waals surface area (Å²) in [4.78, 5) is 11.8. The number of benzene rings is 2. The quantitative estimate of drug-likeness (QED) is 0.926. The van der Waals surface area contributed by atoms with Gasteiger partial charge in [-0.2, -0.15) is 0 Å². The number of rotatable bonds is 4. The van der Waals surface area contributed by atoms with Crippen LogP contribution in [0.2, 0.25) is 0 Å². The number of carbonyl (C=O) groups excluding carboxylic acids is 1. The average Bonchev–Trinajstić information content (AvgIpc) is 2.42. The van der Waals surface area contributed by atoms with Crippen molar-refractivity contribution in [2.45, 2.75) is 13.8 Å². The molecule has 3 nitrogen and oxygen atoms in total. The maximum Gasteiger partial charge on any atom is 0.262 e. The molecule has 1 amide bonds. The lowest BCUT2D eigenvalue weighted by atomic mass is 10.2. The Labute approximate surface area is 117 Å². The van der Waals surface area contributed by atoms with E-state index in [1.165, 1.54) is 6.07 Å². The van der Waals surface area contributed by atoms with Crippen molar-refractivity contribution in [2.24, 2.45) is 0 Å². The molecule has 0 fully saturated rings. The number of halogens is 1. The smallest absolute Gasteiger partial charge is 0.262 e. The van der Waals surface area contributed by atoms with Gasteiger partial charge in [0, 0.05) is 5.69 Å². The highest BCUT2D eigenvalue weighted by atomic mass is 19.1. The van der Waals surface area contributed by atoms with E-state index in [1.54, 1.807) is 18.2 Å². The zero-order chi connectivity index (χ0) is 14.5. The van der Waals surface area contributed by atoms with Gasteiger partial charge in [-0.05, 0) is 43.2 Å². The van der Waals surface area contributed by atoms with Crippen LogP contribution in [0, 0.1) is 19.7 Å². The Balaban J connectivity index is 1.96. The monoisotopic (exact) mass is 273 g/mol. The number of para-hydroxylation sites is 1. The first-order valence-corrected chi connectivity index (χ1v) is 6.30. The standard InChI is InChI=1S/C16H16FNO2/c1-11-7-8-13(17)15(9-11)20-10-16(19)18-14-6-4-3-5-12(14)2/h3-9H,10H2,1-2H3,(H,18,19). The van der Waals surface area contributed by atoms with Crippen molar-refractivity contribution in [1.82, 2.24) is 0 Å². The largest absolute Gasteiger partial charge is 0.481 e. The third-order valence-corrected chi connectivity index (χ3v) is 2.86. The molecule has 0 unspecified atom stereocenters. The average molecular weight is 273 g/mol.